The highest BCUT2D eigenvalue weighted by Crippen LogP contribution is 2.32. The number of amides is 1. The van der Waals surface area contributed by atoms with E-state index in [0.717, 1.165) is 17.7 Å². The van der Waals surface area contributed by atoms with Crippen molar-refractivity contribution in [3.8, 4) is 11.8 Å². The van der Waals surface area contributed by atoms with Gasteiger partial charge in [0.15, 0.2) is 5.69 Å². The molecule has 0 saturated carbocycles. The van der Waals surface area contributed by atoms with Crippen molar-refractivity contribution in [3.05, 3.63) is 45.8 Å². The number of carbonyl (C=O) groups excluding carboxylic acids is 2. The lowest BCUT2D eigenvalue weighted by atomic mass is 10.2. The number of nitrogens with one attached hydrogen (secondary N) is 1. The Morgan fingerprint density at radius 3 is 2.70 bits per heavy atom. The molecule has 11 nitrogen and oxygen atoms in total. The number of hydrogen-bond donors (Lipinski definition) is 2. The lowest BCUT2D eigenvalue weighted by Gasteiger charge is -2.11. The van der Waals surface area contributed by atoms with Crippen molar-refractivity contribution in [2.24, 2.45) is 0 Å². The number of aromatic nitrogens is 1. The summed E-state index contributed by atoms with van der Waals surface area (Å²) < 4.78 is 10.5. The van der Waals surface area contributed by atoms with Crippen molar-refractivity contribution in [2.75, 3.05) is 24.8 Å². The number of nitriles is 1. The number of ether oxygens (including phenoxy) is 2. The van der Waals surface area contributed by atoms with Gasteiger partial charge in [-0.15, -0.1) is 0 Å². The topological polar surface area (TPSA) is 163 Å². The van der Waals surface area contributed by atoms with Crippen LogP contribution in [0.1, 0.15) is 23.0 Å². The second-order valence-corrected chi connectivity index (χ2v) is 5.08. The molecule has 2 aromatic rings. The minimum absolute atomic E-state index is 0.0389. The summed E-state index contributed by atoms with van der Waals surface area (Å²) >= 11 is 0. The molecule has 0 atom stereocenters. The highest BCUT2D eigenvalue weighted by molar-refractivity contribution is 5.96. The van der Waals surface area contributed by atoms with E-state index < -0.39 is 22.7 Å². The second-order valence-electron chi connectivity index (χ2n) is 5.08. The van der Waals surface area contributed by atoms with E-state index in [1.54, 1.807) is 6.92 Å². The van der Waals surface area contributed by atoms with Crippen LogP contribution in [0.15, 0.2) is 24.4 Å². The number of anilines is 2. The van der Waals surface area contributed by atoms with Gasteiger partial charge in [0.25, 0.3) is 5.69 Å². The number of rotatable bonds is 5. The van der Waals surface area contributed by atoms with Crippen LogP contribution in [0.4, 0.5) is 21.9 Å². The highest BCUT2D eigenvalue weighted by Gasteiger charge is 2.26. The van der Waals surface area contributed by atoms with E-state index in [4.69, 9.17) is 15.7 Å². The Morgan fingerprint density at radius 1 is 1.44 bits per heavy atom. The molecule has 140 valence electrons. The second kappa shape index (κ2) is 7.87. The molecule has 0 unspecified atom stereocenters. The van der Waals surface area contributed by atoms with Gasteiger partial charge in [0.1, 0.15) is 11.8 Å². The first-order valence-corrected chi connectivity index (χ1v) is 7.55. The molecule has 11 heteroatoms. The number of nitro benzene ring substituents is 1. The van der Waals surface area contributed by atoms with Gasteiger partial charge < -0.3 is 19.8 Å². The Balaban J connectivity index is 2.62. The van der Waals surface area contributed by atoms with Gasteiger partial charge in [-0.2, -0.15) is 5.26 Å². The van der Waals surface area contributed by atoms with Crippen LogP contribution in [-0.4, -0.2) is 35.3 Å². The van der Waals surface area contributed by atoms with Crippen molar-refractivity contribution in [2.45, 2.75) is 6.92 Å². The Morgan fingerprint density at radius 2 is 2.15 bits per heavy atom. The molecule has 0 saturated heterocycles. The van der Waals surface area contributed by atoms with Crippen LogP contribution in [0.5, 0.6) is 0 Å². The number of nitrogens with zero attached hydrogens (tertiary/aromatic N) is 3. The van der Waals surface area contributed by atoms with Gasteiger partial charge in [-0.05, 0) is 19.1 Å². The van der Waals surface area contributed by atoms with Gasteiger partial charge in [0, 0.05) is 12.3 Å². The number of nitro groups is 1. The SMILES string of the molecule is CCOC(=O)Nc1ccc(-n2cc(C#N)c(N)c2C(=O)OC)c([N+](=O)[O-])c1. The molecule has 0 radical (unpaired) electrons. The summed E-state index contributed by atoms with van der Waals surface area (Å²) in [7, 11) is 1.12. The lowest BCUT2D eigenvalue weighted by molar-refractivity contribution is -0.384. The summed E-state index contributed by atoms with van der Waals surface area (Å²) in [6.07, 6.45) is 0.425. The average molecular weight is 373 g/mol. The fourth-order valence-corrected chi connectivity index (χ4v) is 2.34. The zero-order chi connectivity index (χ0) is 20.1. The maximum absolute atomic E-state index is 12.0. The molecule has 0 spiro atoms. The number of hydrogen-bond acceptors (Lipinski definition) is 8. The molecule has 0 aliphatic rings. The Kier molecular flexibility index (Phi) is 5.62. The Labute approximate surface area is 153 Å². The first kappa shape index (κ1) is 19.3. The largest absolute Gasteiger partial charge is 0.464 e. The lowest BCUT2D eigenvalue weighted by Crippen LogP contribution is -2.14. The monoisotopic (exact) mass is 373 g/mol. The molecule has 2 rings (SSSR count). The fourth-order valence-electron chi connectivity index (χ4n) is 2.34. The third-order valence-corrected chi connectivity index (χ3v) is 3.50. The van der Waals surface area contributed by atoms with E-state index in [2.05, 4.69) is 10.1 Å². The maximum Gasteiger partial charge on any atom is 0.411 e. The van der Waals surface area contributed by atoms with E-state index in [0.29, 0.717) is 0 Å². The minimum atomic E-state index is -0.864. The highest BCUT2D eigenvalue weighted by atomic mass is 16.6. The molecule has 1 aromatic carbocycles. The summed E-state index contributed by atoms with van der Waals surface area (Å²) in [6, 6.07) is 5.58. The zero-order valence-electron chi connectivity index (χ0n) is 14.4. The van der Waals surface area contributed by atoms with Crippen molar-refractivity contribution < 1.29 is 24.0 Å². The number of nitrogens with two attached hydrogens (primary N) is 1. The molecule has 0 aliphatic carbocycles. The third-order valence-electron chi connectivity index (χ3n) is 3.50. The van der Waals surface area contributed by atoms with Gasteiger partial charge in [0.05, 0.1) is 35.6 Å². The quantitative estimate of drug-likeness (QED) is 0.457. The Hall–Kier alpha value is -4.07. The molecule has 1 amide bonds. The number of nitrogen functional groups attached to an aromatic ring is 1. The van der Waals surface area contributed by atoms with E-state index in [1.165, 1.54) is 18.3 Å². The van der Waals surface area contributed by atoms with Gasteiger partial charge >= 0.3 is 12.1 Å². The number of methoxy groups -OCH3 is 1. The molecule has 3 N–H and O–H groups in total. The van der Waals surface area contributed by atoms with Crippen LogP contribution in [0, 0.1) is 21.4 Å². The van der Waals surface area contributed by atoms with Crippen LogP contribution in [-0.2, 0) is 9.47 Å². The van der Waals surface area contributed by atoms with Crippen LogP contribution in [0.25, 0.3) is 5.69 Å². The molecule has 0 aliphatic heterocycles. The fraction of sp³-hybridized carbons (Fsp3) is 0.188. The predicted molar refractivity (Wildman–Crippen MR) is 93.5 cm³/mol. The normalized spacial score (nSPS) is 9.96. The smallest absolute Gasteiger partial charge is 0.411 e. The minimum Gasteiger partial charge on any atom is -0.464 e. The number of carbonyl (C=O) groups is 2. The number of benzene rings is 1. The predicted octanol–water partition coefficient (Wildman–Crippen LogP) is 2.19. The molecule has 0 bridgehead atoms. The van der Waals surface area contributed by atoms with Crippen LogP contribution < -0.4 is 11.1 Å². The summed E-state index contributed by atoms with van der Waals surface area (Å²) in [4.78, 5) is 34.3. The maximum atomic E-state index is 12.0. The number of esters is 1. The van der Waals surface area contributed by atoms with Crippen molar-refractivity contribution in [1.29, 1.82) is 5.26 Å². The summed E-state index contributed by atoms with van der Waals surface area (Å²) in [5.74, 6) is -0.864. The van der Waals surface area contributed by atoms with Gasteiger partial charge in [-0.25, -0.2) is 9.59 Å². The Bertz CT molecular complexity index is 959. The van der Waals surface area contributed by atoms with E-state index >= 15 is 0 Å². The van der Waals surface area contributed by atoms with Crippen LogP contribution >= 0.6 is 0 Å². The summed E-state index contributed by atoms with van der Waals surface area (Å²) in [5, 5.41) is 23.0. The van der Waals surface area contributed by atoms with Gasteiger partial charge in [0.2, 0.25) is 0 Å². The van der Waals surface area contributed by atoms with Crippen LogP contribution in [0.2, 0.25) is 0 Å². The molecule has 1 heterocycles. The first-order valence-electron chi connectivity index (χ1n) is 7.55. The average Bonchev–Trinajstić information content (AvgIpc) is 2.97. The van der Waals surface area contributed by atoms with Gasteiger partial charge in [-0.1, -0.05) is 0 Å². The molecular weight excluding hydrogens is 358 g/mol. The molecular formula is C16H15N5O6. The van der Waals surface area contributed by atoms with E-state index in [-0.39, 0.29) is 34.9 Å². The third kappa shape index (κ3) is 3.79. The van der Waals surface area contributed by atoms with Gasteiger partial charge in [-0.3, -0.25) is 15.4 Å². The summed E-state index contributed by atoms with van der Waals surface area (Å²) in [6.45, 7) is 1.75. The molecule has 27 heavy (non-hydrogen) atoms. The summed E-state index contributed by atoms with van der Waals surface area (Å²) in [5.41, 5.74) is 5.01. The standard InChI is InChI=1S/C16H15N5O6/c1-3-27-16(23)19-10-4-5-11(12(6-10)21(24)25)20-8-9(7-17)13(18)14(20)15(22)26-2/h4-6,8H,3,18H2,1-2H3,(H,19,23). The van der Waals surface area contributed by atoms with E-state index in [1.807, 2.05) is 6.07 Å². The zero-order valence-corrected chi connectivity index (χ0v) is 14.4. The van der Waals surface area contributed by atoms with Crippen LogP contribution in [0.3, 0.4) is 0 Å². The molecule has 1 aromatic heterocycles. The first-order chi connectivity index (χ1) is 12.8. The molecule has 0 fully saturated rings. The van der Waals surface area contributed by atoms with Crippen molar-refractivity contribution in [1.82, 2.24) is 4.57 Å². The van der Waals surface area contributed by atoms with E-state index in [9.17, 15) is 19.7 Å². The van der Waals surface area contributed by atoms with Crippen molar-refractivity contribution in [3.63, 3.8) is 0 Å². The van der Waals surface area contributed by atoms with Crippen molar-refractivity contribution >= 4 is 29.1 Å².